The number of fused-ring (bicyclic) bond motifs is 2. The number of aryl methyl sites for hydroxylation is 2. The lowest BCUT2D eigenvalue weighted by molar-refractivity contribution is 0.645. The standard InChI is InChI=1S/C37H32/c1-25-8-12-27(13-9-25)16-17-29-19-22-32-33-23-21-30(20-18-28-14-10-26(2)11-15-28)31-6-5-7-34(36(31)33)37(3,4)35(32)24-29/h5-24H,1-4H3. The normalized spacial score (nSPS) is 13.9. The third-order valence-corrected chi connectivity index (χ3v) is 7.83. The molecule has 0 saturated heterocycles. The quantitative estimate of drug-likeness (QED) is 0.226. The van der Waals surface area contributed by atoms with Crippen molar-refractivity contribution in [2.75, 3.05) is 0 Å². The molecule has 0 atom stereocenters. The Labute approximate surface area is 220 Å². The van der Waals surface area contributed by atoms with Crippen LogP contribution in [0.3, 0.4) is 0 Å². The van der Waals surface area contributed by atoms with Gasteiger partial charge in [0.05, 0.1) is 0 Å². The zero-order chi connectivity index (χ0) is 25.6. The van der Waals surface area contributed by atoms with Gasteiger partial charge in [0.15, 0.2) is 0 Å². The van der Waals surface area contributed by atoms with Gasteiger partial charge in [-0.2, -0.15) is 0 Å². The summed E-state index contributed by atoms with van der Waals surface area (Å²) in [5, 5.41) is 2.70. The van der Waals surface area contributed by atoms with Gasteiger partial charge in [-0.25, -0.2) is 0 Å². The van der Waals surface area contributed by atoms with Crippen molar-refractivity contribution in [3.63, 3.8) is 0 Å². The minimum Gasteiger partial charge on any atom is -0.0613 e. The van der Waals surface area contributed by atoms with Crippen LogP contribution in [0, 0.1) is 13.8 Å². The lowest BCUT2D eigenvalue weighted by Crippen LogP contribution is -2.23. The molecular weight excluding hydrogens is 444 g/mol. The number of rotatable bonds is 4. The van der Waals surface area contributed by atoms with Gasteiger partial charge in [0.25, 0.3) is 0 Å². The summed E-state index contributed by atoms with van der Waals surface area (Å²) in [7, 11) is 0. The van der Waals surface area contributed by atoms with Crippen molar-refractivity contribution in [1.29, 1.82) is 0 Å². The highest BCUT2D eigenvalue weighted by molar-refractivity contribution is 6.07. The summed E-state index contributed by atoms with van der Waals surface area (Å²) in [6, 6.07) is 35.7. The van der Waals surface area contributed by atoms with Crippen LogP contribution >= 0.6 is 0 Å². The largest absolute Gasteiger partial charge is 0.0613 e. The number of hydrogen-bond acceptors (Lipinski definition) is 0. The van der Waals surface area contributed by atoms with Gasteiger partial charge >= 0.3 is 0 Å². The molecule has 0 aromatic heterocycles. The summed E-state index contributed by atoms with van der Waals surface area (Å²) in [5.74, 6) is 0. The first kappa shape index (κ1) is 23.3. The Kier molecular flexibility index (Phi) is 5.69. The second-order valence-corrected chi connectivity index (χ2v) is 10.8. The molecule has 0 heteroatoms. The van der Waals surface area contributed by atoms with Crippen LogP contribution in [-0.4, -0.2) is 0 Å². The fourth-order valence-corrected chi connectivity index (χ4v) is 5.62. The summed E-state index contributed by atoms with van der Waals surface area (Å²) in [6.45, 7) is 8.99. The highest BCUT2D eigenvalue weighted by Crippen LogP contribution is 2.49. The molecule has 0 aliphatic heterocycles. The summed E-state index contributed by atoms with van der Waals surface area (Å²) in [5.41, 5.74) is 12.9. The first-order chi connectivity index (χ1) is 17.9. The Bertz CT molecular complexity index is 1670. The highest BCUT2D eigenvalue weighted by Gasteiger charge is 2.33. The second kappa shape index (κ2) is 9.05. The van der Waals surface area contributed by atoms with Gasteiger partial charge < -0.3 is 0 Å². The van der Waals surface area contributed by atoms with Crippen molar-refractivity contribution in [2.24, 2.45) is 0 Å². The van der Waals surface area contributed by atoms with Gasteiger partial charge in [0.2, 0.25) is 0 Å². The molecule has 0 heterocycles. The molecule has 0 N–H and O–H groups in total. The zero-order valence-electron chi connectivity index (χ0n) is 22.0. The average molecular weight is 477 g/mol. The Hall–Kier alpha value is -4.16. The van der Waals surface area contributed by atoms with Crippen LogP contribution in [0.15, 0.2) is 97.1 Å². The van der Waals surface area contributed by atoms with E-state index in [1.807, 2.05) is 0 Å². The third kappa shape index (κ3) is 4.23. The van der Waals surface area contributed by atoms with Crippen molar-refractivity contribution in [3.8, 4) is 11.1 Å². The lowest BCUT2D eigenvalue weighted by atomic mass is 9.68. The van der Waals surface area contributed by atoms with E-state index in [2.05, 4.69) is 149 Å². The monoisotopic (exact) mass is 476 g/mol. The maximum absolute atomic E-state index is 2.38. The van der Waals surface area contributed by atoms with Crippen molar-refractivity contribution >= 4 is 35.1 Å². The van der Waals surface area contributed by atoms with Crippen LogP contribution in [0.25, 0.3) is 46.2 Å². The summed E-state index contributed by atoms with van der Waals surface area (Å²) in [6.07, 6.45) is 8.92. The number of hydrogen-bond donors (Lipinski definition) is 0. The Balaban J connectivity index is 1.43. The molecule has 0 radical (unpaired) electrons. The fraction of sp³-hybridized carbons (Fsp3) is 0.135. The van der Waals surface area contributed by atoms with E-state index in [9.17, 15) is 0 Å². The minimum absolute atomic E-state index is 0.0884. The van der Waals surface area contributed by atoms with E-state index in [1.54, 1.807) is 0 Å². The van der Waals surface area contributed by atoms with E-state index in [0.29, 0.717) is 0 Å². The van der Waals surface area contributed by atoms with Crippen molar-refractivity contribution in [2.45, 2.75) is 33.1 Å². The van der Waals surface area contributed by atoms with Crippen molar-refractivity contribution in [1.82, 2.24) is 0 Å². The van der Waals surface area contributed by atoms with Crippen molar-refractivity contribution < 1.29 is 0 Å². The Morgan fingerprint density at radius 1 is 0.514 bits per heavy atom. The van der Waals surface area contributed by atoms with E-state index in [4.69, 9.17) is 0 Å². The molecule has 0 saturated carbocycles. The van der Waals surface area contributed by atoms with E-state index < -0.39 is 0 Å². The Morgan fingerprint density at radius 2 is 1.08 bits per heavy atom. The first-order valence-electron chi connectivity index (χ1n) is 13.1. The molecule has 6 rings (SSSR count). The van der Waals surface area contributed by atoms with Crippen LogP contribution in [0.2, 0.25) is 0 Å². The van der Waals surface area contributed by atoms with Gasteiger partial charge in [-0.15, -0.1) is 0 Å². The predicted octanol–water partition coefficient (Wildman–Crippen LogP) is 10.1. The maximum Gasteiger partial charge on any atom is 0.0159 e. The van der Waals surface area contributed by atoms with Crippen LogP contribution in [0.5, 0.6) is 0 Å². The van der Waals surface area contributed by atoms with Crippen LogP contribution < -0.4 is 0 Å². The Morgan fingerprint density at radius 3 is 1.76 bits per heavy atom. The smallest absolute Gasteiger partial charge is 0.0159 e. The predicted molar refractivity (Wildman–Crippen MR) is 162 cm³/mol. The molecule has 0 amide bonds. The molecule has 180 valence electrons. The SMILES string of the molecule is Cc1ccc(C=Cc2ccc3c(c2)C(C)(C)c2cccc4c(C=Cc5ccc(C)cc5)ccc-3c24)cc1. The van der Waals surface area contributed by atoms with Gasteiger partial charge in [0, 0.05) is 5.41 Å². The molecule has 5 aromatic carbocycles. The van der Waals surface area contributed by atoms with E-state index in [0.717, 1.165) is 0 Å². The van der Waals surface area contributed by atoms with Gasteiger partial charge in [-0.05, 0) is 69.1 Å². The van der Waals surface area contributed by atoms with Crippen molar-refractivity contribution in [3.05, 3.63) is 142 Å². The van der Waals surface area contributed by atoms with Gasteiger partial charge in [-0.3, -0.25) is 0 Å². The average Bonchev–Trinajstić information content (AvgIpc) is 2.91. The fourth-order valence-electron chi connectivity index (χ4n) is 5.62. The van der Waals surface area contributed by atoms with Crippen LogP contribution in [0.4, 0.5) is 0 Å². The second-order valence-electron chi connectivity index (χ2n) is 10.8. The van der Waals surface area contributed by atoms with Gasteiger partial charge in [0.1, 0.15) is 0 Å². The molecule has 0 unspecified atom stereocenters. The molecule has 0 bridgehead atoms. The molecule has 1 aliphatic carbocycles. The maximum atomic E-state index is 2.38. The summed E-state index contributed by atoms with van der Waals surface area (Å²) in [4.78, 5) is 0. The third-order valence-electron chi connectivity index (χ3n) is 7.83. The molecular formula is C37H32. The molecule has 0 fully saturated rings. The zero-order valence-corrected chi connectivity index (χ0v) is 22.0. The minimum atomic E-state index is -0.0884. The van der Waals surface area contributed by atoms with Gasteiger partial charge in [-0.1, -0.05) is 146 Å². The molecule has 37 heavy (non-hydrogen) atoms. The van der Waals surface area contributed by atoms with Crippen LogP contribution in [0.1, 0.15) is 58.4 Å². The molecule has 1 aliphatic rings. The number of benzene rings is 5. The lowest BCUT2D eigenvalue weighted by Gasteiger charge is -2.35. The highest BCUT2D eigenvalue weighted by atomic mass is 14.4. The molecule has 5 aromatic rings. The van der Waals surface area contributed by atoms with E-state index in [1.165, 1.54) is 66.4 Å². The van der Waals surface area contributed by atoms with E-state index in [-0.39, 0.29) is 5.41 Å². The first-order valence-corrected chi connectivity index (χ1v) is 13.1. The van der Waals surface area contributed by atoms with E-state index >= 15 is 0 Å². The summed E-state index contributed by atoms with van der Waals surface area (Å²) < 4.78 is 0. The summed E-state index contributed by atoms with van der Waals surface area (Å²) >= 11 is 0. The molecule has 0 nitrogen and oxygen atoms in total. The topological polar surface area (TPSA) is 0 Å². The van der Waals surface area contributed by atoms with Crippen LogP contribution in [-0.2, 0) is 5.41 Å². The molecule has 0 spiro atoms.